The lowest BCUT2D eigenvalue weighted by molar-refractivity contribution is -0.158. The highest BCUT2D eigenvalue weighted by Crippen LogP contribution is 2.22. The molecule has 0 unspecified atom stereocenters. The Morgan fingerprint density at radius 3 is 2.10 bits per heavy atom. The molecule has 1 aromatic carbocycles. The summed E-state index contributed by atoms with van der Waals surface area (Å²) in [6.45, 7) is 5.49. The fraction of sp³-hybridized carbons (Fsp3) is 0.467. The summed E-state index contributed by atoms with van der Waals surface area (Å²) in [4.78, 5) is 27.2. The lowest BCUT2D eigenvalue weighted by Gasteiger charge is -2.38. The number of carboxylic acid groups (broad SMARTS) is 1. The first-order valence-corrected chi connectivity index (χ1v) is 6.75. The summed E-state index contributed by atoms with van der Waals surface area (Å²) in [5.74, 6) is -1.38. The molecule has 20 heavy (non-hydrogen) atoms. The van der Waals surface area contributed by atoms with E-state index >= 15 is 0 Å². The van der Waals surface area contributed by atoms with Crippen molar-refractivity contribution in [1.82, 2.24) is 4.90 Å². The number of nitrogens with zero attached hydrogens (tertiary/aromatic N) is 2. The molecule has 1 N–H and O–H groups in total. The normalized spacial score (nSPS) is 16.1. The smallest absolute Gasteiger partial charge is 0.318 e. The first kappa shape index (κ1) is 14.4. The molecular weight excluding hydrogens is 256 g/mol. The molecule has 5 heteroatoms. The van der Waals surface area contributed by atoms with Crippen LogP contribution in [0.25, 0.3) is 0 Å². The predicted molar refractivity (Wildman–Crippen MR) is 76.7 cm³/mol. The molecule has 5 nitrogen and oxygen atoms in total. The van der Waals surface area contributed by atoms with Gasteiger partial charge in [-0.2, -0.15) is 0 Å². The zero-order valence-corrected chi connectivity index (χ0v) is 11.9. The van der Waals surface area contributed by atoms with E-state index in [2.05, 4.69) is 4.90 Å². The Labute approximate surface area is 118 Å². The number of amides is 1. The molecule has 1 heterocycles. The molecule has 0 bridgehead atoms. The molecule has 0 aliphatic carbocycles. The number of piperazine rings is 1. The fourth-order valence-electron chi connectivity index (χ4n) is 2.29. The summed E-state index contributed by atoms with van der Waals surface area (Å²) in [6, 6.07) is 10.0. The van der Waals surface area contributed by atoms with E-state index in [1.54, 1.807) is 4.90 Å². The SMILES string of the molecule is CC(C)(C(=O)O)C(=O)N1CCN(c2ccccc2)CC1. The van der Waals surface area contributed by atoms with E-state index in [-0.39, 0.29) is 5.91 Å². The van der Waals surface area contributed by atoms with Crippen molar-refractivity contribution in [3.63, 3.8) is 0 Å². The van der Waals surface area contributed by atoms with Crippen LogP contribution in [0, 0.1) is 5.41 Å². The number of anilines is 1. The van der Waals surface area contributed by atoms with Crippen LogP contribution >= 0.6 is 0 Å². The van der Waals surface area contributed by atoms with Gasteiger partial charge in [-0.3, -0.25) is 9.59 Å². The number of carboxylic acids is 1. The van der Waals surface area contributed by atoms with Crippen LogP contribution in [0.1, 0.15) is 13.8 Å². The molecule has 1 aromatic rings. The van der Waals surface area contributed by atoms with Gasteiger partial charge in [0.05, 0.1) is 0 Å². The van der Waals surface area contributed by atoms with Crippen molar-refractivity contribution in [2.45, 2.75) is 13.8 Å². The molecule has 0 aromatic heterocycles. The largest absolute Gasteiger partial charge is 0.480 e. The number of hydrogen-bond acceptors (Lipinski definition) is 3. The van der Waals surface area contributed by atoms with Crippen LogP contribution < -0.4 is 4.90 Å². The quantitative estimate of drug-likeness (QED) is 0.849. The second kappa shape index (κ2) is 5.53. The average Bonchev–Trinajstić information content (AvgIpc) is 2.47. The van der Waals surface area contributed by atoms with Crippen molar-refractivity contribution in [1.29, 1.82) is 0 Å². The number of carbonyl (C=O) groups excluding carboxylic acids is 1. The monoisotopic (exact) mass is 276 g/mol. The van der Waals surface area contributed by atoms with E-state index in [1.807, 2.05) is 30.3 Å². The molecule has 1 aliphatic rings. The highest BCUT2D eigenvalue weighted by molar-refractivity contribution is 6.01. The van der Waals surface area contributed by atoms with Crippen molar-refractivity contribution in [2.75, 3.05) is 31.1 Å². The van der Waals surface area contributed by atoms with Crippen molar-refractivity contribution >= 4 is 17.6 Å². The highest BCUT2D eigenvalue weighted by Gasteiger charge is 2.40. The molecule has 1 amide bonds. The Morgan fingerprint density at radius 2 is 1.60 bits per heavy atom. The molecule has 0 radical (unpaired) electrons. The summed E-state index contributed by atoms with van der Waals surface area (Å²) >= 11 is 0. The first-order valence-electron chi connectivity index (χ1n) is 6.75. The van der Waals surface area contributed by atoms with E-state index in [0.29, 0.717) is 13.1 Å². The summed E-state index contributed by atoms with van der Waals surface area (Å²) < 4.78 is 0. The first-order chi connectivity index (χ1) is 9.43. The zero-order chi connectivity index (χ0) is 14.8. The van der Waals surface area contributed by atoms with E-state index in [9.17, 15) is 9.59 Å². The molecule has 2 rings (SSSR count). The van der Waals surface area contributed by atoms with Crippen LogP contribution in [0.4, 0.5) is 5.69 Å². The van der Waals surface area contributed by atoms with E-state index in [0.717, 1.165) is 18.8 Å². The summed E-state index contributed by atoms with van der Waals surface area (Å²) in [5.41, 5.74) is -0.216. The van der Waals surface area contributed by atoms with Crippen LogP contribution in [0.3, 0.4) is 0 Å². The van der Waals surface area contributed by atoms with Gasteiger partial charge in [0.1, 0.15) is 5.41 Å². The minimum absolute atomic E-state index is 0.308. The third kappa shape index (κ3) is 2.76. The van der Waals surface area contributed by atoms with Crippen LogP contribution in [0.2, 0.25) is 0 Å². The standard InChI is InChI=1S/C15H20N2O3/c1-15(2,14(19)20)13(18)17-10-8-16(9-11-17)12-6-4-3-5-7-12/h3-7H,8-11H2,1-2H3,(H,19,20). The molecule has 108 valence electrons. The summed E-state index contributed by atoms with van der Waals surface area (Å²) in [6.07, 6.45) is 0. The van der Waals surface area contributed by atoms with Gasteiger partial charge in [0, 0.05) is 31.9 Å². The van der Waals surface area contributed by atoms with Gasteiger partial charge in [0.25, 0.3) is 0 Å². The van der Waals surface area contributed by atoms with Crippen molar-refractivity contribution < 1.29 is 14.7 Å². The van der Waals surface area contributed by atoms with Gasteiger partial charge in [-0.1, -0.05) is 18.2 Å². The van der Waals surface area contributed by atoms with Gasteiger partial charge in [0.2, 0.25) is 5.91 Å². The molecule has 1 fully saturated rings. The minimum Gasteiger partial charge on any atom is -0.480 e. The van der Waals surface area contributed by atoms with Gasteiger partial charge in [-0.05, 0) is 26.0 Å². The summed E-state index contributed by atoms with van der Waals surface area (Å²) in [7, 11) is 0. The van der Waals surface area contributed by atoms with E-state index in [1.165, 1.54) is 13.8 Å². The van der Waals surface area contributed by atoms with Gasteiger partial charge in [-0.15, -0.1) is 0 Å². The summed E-state index contributed by atoms with van der Waals surface area (Å²) in [5, 5.41) is 9.11. The third-order valence-electron chi connectivity index (χ3n) is 3.76. The number of benzene rings is 1. The Balaban J connectivity index is 1.98. The number of aliphatic carboxylic acids is 1. The second-order valence-electron chi connectivity index (χ2n) is 5.54. The van der Waals surface area contributed by atoms with Gasteiger partial charge in [-0.25, -0.2) is 0 Å². The highest BCUT2D eigenvalue weighted by atomic mass is 16.4. The van der Waals surface area contributed by atoms with Crippen LogP contribution in [-0.2, 0) is 9.59 Å². The number of hydrogen-bond donors (Lipinski definition) is 1. The van der Waals surface area contributed by atoms with E-state index < -0.39 is 11.4 Å². The maximum atomic E-state index is 12.2. The third-order valence-corrected chi connectivity index (χ3v) is 3.76. The van der Waals surface area contributed by atoms with Crippen LogP contribution in [0.15, 0.2) is 30.3 Å². The maximum Gasteiger partial charge on any atom is 0.318 e. The van der Waals surface area contributed by atoms with Gasteiger partial charge < -0.3 is 14.9 Å². The topological polar surface area (TPSA) is 60.9 Å². The average molecular weight is 276 g/mol. The Hall–Kier alpha value is -2.04. The van der Waals surface area contributed by atoms with Crippen molar-refractivity contribution in [3.8, 4) is 0 Å². The molecule has 1 saturated heterocycles. The lowest BCUT2D eigenvalue weighted by atomic mass is 9.91. The second-order valence-corrected chi connectivity index (χ2v) is 5.54. The minimum atomic E-state index is -1.35. The predicted octanol–water partition coefficient (Wildman–Crippen LogP) is 1.45. The molecule has 0 atom stereocenters. The molecular formula is C15H20N2O3. The van der Waals surface area contributed by atoms with Crippen molar-refractivity contribution in [3.05, 3.63) is 30.3 Å². The maximum absolute atomic E-state index is 12.2. The van der Waals surface area contributed by atoms with Crippen LogP contribution in [0.5, 0.6) is 0 Å². The molecule has 0 spiro atoms. The van der Waals surface area contributed by atoms with Gasteiger partial charge in [0.15, 0.2) is 0 Å². The molecule has 0 saturated carbocycles. The number of rotatable bonds is 3. The van der Waals surface area contributed by atoms with E-state index in [4.69, 9.17) is 5.11 Å². The number of carbonyl (C=O) groups is 2. The zero-order valence-electron chi connectivity index (χ0n) is 11.9. The number of para-hydroxylation sites is 1. The lowest BCUT2D eigenvalue weighted by Crippen LogP contribution is -2.53. The Morgan fingerprint density at radius 1 is 1.05 bits per heavy atom. The van der Waals surface area contributed by atoms with Crippen molar-refractivity contribution in [2.24, 2.45) is 5.41 Å². The van der Waals surface area contributed by atoms with Crippen LogP contribution in [-0.4, -0.2) is 48.1 Å². The fourth-order valence-corrected chi connectivity index (χ4v) is 2.29. The molecule has 1 aliphatic heterocycles. The van der Waals surface area contributed by atoms with Gasteiger partial charge >= 0.3 is 5.97 Å². The Bertz CT molecular complexity index is 491. The Kier molecular flexibility index (Phi) is 3.97.